The smallest absolute Gasteiger partial charge is 0.210 e. The molecule has 5 heteroatoms. The lowest BCUT2D eigenvalue weighted by atomic mass is 10.0. The molecule has 130 valence electrons. The van der Waals surface area contributed by atoms with E-state index >= 15 is 0 Å². The van der Waals surface area contributed by atoms with Crippen molar-refractivity contribution >= 4 is 47.1 Å². The van der Waals surface area contributed by atoms with Gasteiger partial charge in [-0.3, -0.25) is 9.56 Å². The molecule has 1 aliphatic rings. The lowest BCUT2D eigenvalue weighted by Gasteiger charge is -2.05. The van der Waals surface area contributed by atoms with Gasteiger partial charge in [0.2, 0.25) is 5.88 Å². The van der Waals surface area contributed by atoms with Gasteiger partial charge in [0.15, 0.2) is 3.95 Å². The maximum absolute atomic E-state index is 10.7. The minimum Gasteiger partial charge on any atom is -0.493 e. The summed E-state index contributed by atoms with van der Waals surface area (Å²) in [4.78, 5) is 5.34. The van der Waals surface area contributed by atoms with Gasteiger partial charge in [-0.25, -0.2) is 0 Å². The van der Waals surface area contributed by atoms with Gasteiger partial charge in [0.1, 0.15) is 0 Å². The van der Waals surface area contributed by atoms with Gasteiger partial charge in [-0.15, -0.1) is 11.3 Å². The molecule has 0 fully saturated rings. The van der Waals surface area contributed by atoms with Crippen LogP contribution in [0.15, 0.2) is 53.5 Å². The summed E-state index contributed by atoms with van der Waals surface area (Å²) < 4.78 is 2.44. The van der Waals surface area contributed by atoms with E-state index in [2.05, 4.69) is 30.1 Å². The quantitative estimate of drug-likeness (QED) is 0.578. The van der Waals surface area contributed by atoms with Crippen LogP contribution >= 0.6 is 23.6 Å². The third kappa shape index (κ3) is 3.04. The van der Waals surface area contributed by atoms with Crippen molar-refractivity contribution in [2.75, 3.05) is 0 Å². The van der Waals surface area contributed by atoms with Gasteiger partial charge in [-0.1, -0.05) is 55.5 Å². The predicted molar refractivity (Wildman–Crippen MR) is 112 cm³/mol. The Hall–Kier alpha value is -2.50. The first-order valence-electron chi connectivity index (χ1n) is 8.52. The summed E-state index contributed by atoms with van der Waals surface area (Å²) in [6.07, 6.45) is 4.80. The Kier molecular flexibility index (Phi) is 4.57. The molecule has 2 heterocycles. The number of thiazole rings is 1. The molecule has 0 spiro atoms. The van der Waals surface area contributed by atoms with Crippen LogP contribution in [0.4, 0.5) is 5.69 Å². The minimum absolute atomic E-state index is 0.213. The van der Waals surface area contributed by atoms with Gasteiger partial charge in [0, 0.05) is 17.4 Å². The number of aliphatic imine (C=N–C) groups is 1. The average molecular weight is 379 g/mol. The number of hydrogen-bond acceptors (Lipinski definition) is 4. The minimum atomic E-state index is 0.213. The van der Waals surface area contributed by atoms with Gasteiger partial charge < -0.3 is 5.11 Å². The van der Waals surface area contributed by atoms with Crippen LogP contribution in [0.5, 0.6) is 5.88 Å². The standard InChI is InChI=1S/C21H18N2OS2/c1-2-15-9-6-10-17-16(12-22-19(15)17)11-18-20(24)23(21(25)26-18)13-14-7-4-3-5-8-14/h3-12,24H,2,13H2,1H3/b16-11-. The Morgan fingerprint density at radius 3 is 2.73 bits per heavy atom. The van der Waals surface area contributed by atoms with Crippen LogP contribution in [0.25, 0.3) is 11.6 Å². The largest absolute Gasteiger partial charge is 0.493 e. The van der Waals surface area contributed by atoms with E-state index in [1.165, 1.54) is 16.9 Å². The number of aryl methyl sites for hydroxylation is 1. The summed E-state index contributed by atoms with van der Waals surface area (Å²) in [7, 11) is 0. The van der Waals surface area contributed by atoms with E-state index in [1.807, 2.05) is 42.6 Å². The van der Waals surface area contributed by atoms with E-state index in [9.17, 15) is 5.11 Å². The molecular formula is C21H18N2OS2. The highest BCUT2D eigenvalue weighted by Gasteiger charge is 2.17. The van der Waals surface area contributed by atoms with E-state index in [1.54, 1.807) is 4.57 Å². The Bertz CT molecular complexity index is 1080. The van der Waals surface area contributed by atoms with E-state index in [0.29, 0.717) is 10.5 Å². The second-order valence-corrected chi connectivity index (χ2v) is 7.83. The predicted octanol–water partition coefficient (Wildman–Crippen LogP) is 5.85. The summed E-state index contributed by atoms with van der Waals surface area (Å²) in [5, 5.41) is 10.7. The van der Waals surface area contributed by atoms with Crippen molar-refractivity contribution in [1.29, 1.82) is 0 Å². The highest BCUT2D eigenvalue weighted by molar-refractivity contribution is 7.73. The molecule has 4 rings (SSSR count). The molecule has 2 aromatic carbocycles. The number of rotatable bonds is 4. The molecule has 0 radical (unpaired) electrons. The summed E-state index contributed by atoms with van der Waals surface area (Å²) >= 11 is 6.90. The number of hydrogen-bond donors (Lipinski definition) is 1. The van der Waals surface area contributed by atoms with Crippen molar-refractivity contribution in [2.24, 2.45) is 4.99 Å². The van der Waals surface area contributed by atoms with Crippen LogP contribution in [0.3, 0.4) is 0 Å². The SMILES string of the molecule is CCc1cccc2c1N=C/C2=C/c1sc(=S)n(Cc2ccccc2)c1O. The van der Waals surface area contributed by atoms with Crippen LogP contribution < -0.4 is 0 Å². The normalized spacial score (nSPS) is 14.1. The third-order valence-electron chi connectivity index (χ3n) is 4.51. The first-order valence-corrected chi connectivity index (χ1v) is 9.74. The topological polar surface area (TPSA) is 37.5 Å². The second-order valence-electron chi connectivity index (χ2n) is 6.15. The Balaban J connectivity index is 1.72. The zero-order valence-corrected chi connectivity index (χ0v) is 16.0. The number of aromatic nitrogens is 1. The van der Waals surface area contributed by atoms with Crippen molar-refractivity contribution in [2.45, 2.75) is 19.9 Å². The fourth-order valence-corrected chi connectivity index (χ4v) is 4.39. The number of fused-ring (bicyclic) bond motifs is 1. The molecule has 0 atom stereocenters. The van der Waals surface area contributed by atoms with E-state index in [-0.39, 0.29) is 5.88 Å². The molecule has 0 unspecified atom stereocenters. The van der Waals surface area contributed by atoms with Crippen molar-refractivity contribution < 1.29 is 5.11 Å². The molecule has 0 amide bonds. The number of nitrogens with zero attached hydrogens (tertiary/aromatic N) is 2. The Morgan fingerprint density at radius 2 is 1.96 bits per heavy atom. The van der Waals surface area contributed by atoms with E-state index < -0.39 is 0 Å². The van der Waals surface area contributed by atoms with Gasteiger partial charge in [-0.2, -0.15) is 0 Å². The van der Waals surface area contributed by atoms with Crippen LogP contribution in [0.1, 0.15) is 28.5 Å². The fourth-order valence-electron chi connectivity index (χ4n) is 3.14. The van der Waals surface area contributed by atoms with Crippen LogP contribution in [-0.4, -0.2) is 15.9 Å². The van der Waals surface area contributed by atoms with Crippen molar-refractivity contribution in [1.82, 2.24) is 4.57 Å². The maximum atomic E-state index is 10.7. The molecule has 0 aliphatic carbocycles. The number of benzene rings is 2. The summed E-state index contributed by atoms with van der Waals surface area (Å²) in [6, 6.07) is 16.3. The number of allylic oxidation sites excluding steroid dienone is 1. The molecule has 3 nitrogen and oxygen atoms in total. The van der Waals surface area contributed by atoms with Crippen molar-refractivity contribution in [3.05, 3.63) is 74.1 Å². The Morgan fingerprint density at radius 1 is 1.15 bits per heavy atom. The monoisotopic (exact) mass is 378 g/mol. The molecule has 26 heavy (non-hydrogen) atoms. The van der Waals surface area contributed by atoms with E-state index in [0.717, 1.165) is 33.7 Å². The van der Waals surface area contributed by atoms with Crippen molar-refractivity contribution in [3.63, 3.8) is 0 Å². The zero-order chi connectivity index (χ0) is 18.1. The van der Waals surface area contributed by atoms with Gasteiger partial charge in [0.25, 0.3) is 0 Å². The maximum Gasteiger partial charge on any atom is 0.210 e. The van der Waals surface area contributed by atoms with Crippen LogP contribution in [-0.2, 0) is 13.0 Å². The highest BCUT2D eigenvalue weighted by atomic mass is 32.1. The number of para-hydroxylation sites is 1. The number of aromatic hydroxyl groups is 1. The van der Waals surface area contributed by atoms with E-state index in [4.69, 9.17) is 12.2 Å². The lowest BCUT2D eigenvalue weighted by Crippen LogP contribution is -1.98. The highest BCUT2D eigenvalue weighted by Crippen LogP contribution is 2.38. The molecule has 3 aromatic rings. The second kappa shape index (κ2) is 7.02. The molecule has 1 aliphatic heterocycles. The van der Waals surface area contributed by atoms with Gasteiger partial charge in [0.05, 0.1) is 17.1 Å². The molecule has 0 saturated heterocycles. The average Bonchev–Trinajstić information content (AvgIpc) is 3.19. The van der Waals surface area contributed by atoms with Crippen molar-refractivity contribution in [3.8, 4) is 5.88 Å². The molecule has 0 saturated carbocycles. The molecule has 0 bridgehead atoms. The van der Waals surface area contributed by atoms with Crippen LogP contribution in [0.2, 0.25) is 0 Å². The summed E-state index contributed by atoms with van der Waals surface area (Å²) in [5.41, 5.74) is 5.50. The fraction of sp³-hybridized carbons (Fsp3) is 0.143. The van der Waals surface area contributed by atoms with Crippen LogP contribution in [0, 0.1) is 3.95 Å². The zero-order valence-electron chi connectivity index (χ0n) is 14.3. The summed E-state index contributed by atoms with van der Waals surface area (Å²) in [6.45, 7) is 2.70. The summed E-state index contributed by atoms with van der Waals surface area (Å²) in [5.74, 6) is 0.213. The first kappa shape index (κ1) is 16.9. The van der Waals surface area contributed by atoms with Gasteiger partial charge >= 0.3 is 0 Å². The lowest BCUT2D eigenvalue weighted by molar-refractivity contribution is 0.422. The Labute approximate surface area is 161 Å². The molecular weight excluding hydrogens is 360 g/mol. The molecule has 1 N–H and O–H groups in total. The first-order chi connectivity index (χ1) is 12.7. The van der Waals surface area contributed by atoms with Gasteiger partial charge in [-0.05, 0) is 35.8 Å². The third-order valence-corrected chi connectivity index (χ3v) is 5.89. The molecule has 1 aromatic heterocycles.